The molecular formula is C37H21N3O. The molecule has 1 aliphatic carbocycles. The van der Waals surface area contributed by atoms with Gasteiger partial charge in [0.05, 0.1) is 0 Å². The van der Waals surface area contributed by atoms with Gasteiger partial charge < -0.3 is 4.42 Å². The molecule has 0 spiro atoms. The van der Waals surface area contributed by atoms with E-state index in [1.54, 1.807) is 0 Å². The number of hydrogen-bond acceptors (Lipinski definition) is 4. The molecule has 2 aromatic heterocycles. The lowest BCUT2D eigenvalue weighted by Gasteiger charge is -2.12. The van der Waals surface area contributed by atoms with Crippen molar-refractivity contribution in [1.82, 2.24) is 15.0 Å². The van der Waals surface area contributed by atoms with Gasteiger partial charge in [-0.1, -0.05) is 103 Å². The molecule has 0 N–H and O–H groups in total. The molecule has 0 radical (unpaired) electrons. The van der Waals surface area contributed by atoms with Gasteiger partial charge in [-0.25, -0.2) is 15.0 Å². The van der Waals surface area contributed by atoms with Crippen molar-refractivity contribution in [1.29, 1.82) is 0 Å². The molecule has 0 amide bonds. The van der Waals surface area contributed by atoms with Gasteiger partial charge in [0.25, 0.3) is 0 Å². The molecule has 41 heavy (non-hydrogen) atoms. The summed E-state index contributed by atoms with van der Waals surface area (Å²) in [5.41, 5.74) is 9.41. The molecule has 0 atom stereocenters. The monoisotopic (exact) mass is 523 g/mol. The molecular weight excluding hydrogens is 502 g/mol. The summed E-state index contributed by atoms with van der Waals surface area (Å²) in [6.45, 7) is 0. The Kier molecular flexibility index (Phi) is 4.58. The smallest absolute Gasteiger partial charge is 0.164 e. The molecule has 9 rings (SSSR count). The van der Waals surface area contributed by atoms with E-state index in [0.717, 1.165) is 44.2 Å². The van der Waals surface area contributed by atoms with Crippen LogP contribution in [-0.2, 0) is 0 Å². The summed E-state index contributed by atoms with van der Waals surface area (Å²) in [5.74, 6) is 1.98. The van der Waals surface area contributed by atoms with Crippen LogP contribution in [0.2, 0.25) is 0 Å². The second kappa shape index (κ2) is 8.44. The van der Waals surface area contributed by atoms with Crippen molar-refractivity contribution in [2.24, 2.45) is 0 Å². The van der Waals surface area contributed by atoms with Crippen LogP contribution in [0.4, 0.5) is 0 Å². The van der Waals surface area contributed by atoms with E-state index in [4.69, 9.17) is 19.4 Å². The van der Waals surface area contributed by atoms with Crippen LogP contribution in [0, 0.1) is 0 Å². The van der Waals surface area contributed by atoms with E-state index in [9.17, 15) is 0 Å². The highest BCUT2D eigenvalue weighted by atomic mass is 16.3. The van der Waals surface area contributed by atoms with Crippen molar-refractivity contribution in [3.8, 4) is 56.4 Å². The number of nitrogens with zero attached hydrogens (tertiary/aromatic N) is 3. The van der Waals surface area contributed by atoms with Crippen molar-refractivity contribution < 1.29 is 4.42 Å². The Morgan fingerprint density at radius 1 is 0.415 bits per heavy atom. The van der Waals surface area contributed by atoms with Gasteiger partial charge in [-0.15, -0.1) is 0 Å². The van der Waals surface area contributed by atoms with Crippen molar-refractivity contribution >= 4 is 32.7 Å². The topological polar surface area (TPSA) is 51.8 Å². The van der Waals surface area contributed by atoms with Crippen LogP contribution in [0.1, 0.15) is 0 Å². The number of aromatic nitrogens is 3. The first-order chi connectivity index (χ1) is 20.3. The van der Waals surface area contributed by atoms with Crippen molar-refractivity contribution in [3.05, 3.63) is 127 Å². The summed E-state index contributed by atoms with van der Waals surface area (Å²) >= 11 is 0. The second-order valence-electron chi connectivity index (χ2n) is 10.4. The number of fused-ring (bicyclic) bond motifs is 6. The quantitative estimate of drug-likeness (QED) is 0.231. The van der Waals surface area contributed by atoms with Crippen LogP contribution in [0.3, 0.4) is 0 Å². The maximum absolute atomic E-state index is 6.28. The molecule has 4 nitrogen and oxygen atoms in total. The molecule has 8 aromatic rings. The molecule has 1 aliphatic rings. The maximum atomic E-state index is 6.28. The molecule has 4 heteroatoms. The SMILES string of the molecule is c1ccc(-c2nc(-c3ccccc3)nc(-c3ccc4cccc5c4c3-c3cc4c(cc3-5)oc3ccccc34)n2)cc1. The largest absolute Gasteiger partial charge is 0.456 e. The number of benzene rings is 6. The number of furan rings is 1. The first-order valence-corrected chi connectivity index (χ1v) is 13.7. The zero-order valence-corrected chi connectivity index (χ0v) is 21.9. The first-order valence-electron chi connectivity index (χ1n) is 13.7. The molecule has 190 valence electrons. The van der Waals surface area contributed by atoms with Crippen LogP contribution in [-0.4, -0.2) is 15.0 Å². The molecule has 0 aliphatic heterocycles. The predicted molar refractivity (Wildman–Crippen MR) is 165 cm³/mol. The van der Waals surface area contributed by atoms with E-state index in [-0.39, 0.29) is 0 Å². The Morgan fingerprint density at radius 3 is 1.85 bits per heavy atom. The van der Waals surface area contributed by atoms with Crippen LogP contribution in [0.15, 0.2) is 132 Å². The number of hydrogen-bond donors (Lipinski definition) is 0. The van der Waals surface area contributed by atoms with Gasteiger partial charge in [0, 0.05) is 33.0 Å². The molecule has 6 aromatic carbocycles. The Bertz CT molecular complexity index is 2250. The van der Waals surface area contributed by atoms with Crippen molar-refractivity contribution in [2.75, 3.05) is 0 Å². The van der Waals surface area contributed by atoms with E-state index >= 15 is 0 Å². The second-order valence-corrected chi connectivity index (χ2v) is 10.4. The van der Waals surface area contributed by atoms with Gasteiger partial charge in [-0.3, -0.25) is 0 Å². The van der Waals surface area contributed by atoms with Gasteiger partial charge in [-0.2, -0.15) is 0 Å². The third-order valence-corrected chi connectivity index (χ3v) is 8.06. The third-order valence-electron chi connectivity index (χ3n) is 8.06. The number of rotatable bonds is 3. The minimum absolute atomic E-state index is 0.657. The van der Waals surface area contributed by atoms with E-state index in [1.165, 1.54) is 27.5 Å². The van der Waals surface area contributed by atoms with Crippen LogP contribution >= 0.6 is 0 Å². The average Bonchev–Trinajstić information content (AvgIpc) is 3.57. The Hall–Kier alpha value is -5.61. The highest BCUT2D eigenvalue weighted by Crippen LogP contribution is 2.52. The van der Waals surface area contributed by atoms with E-state index in [2.05, 4.69) is 54.6 Å². The summed E-state index contributed by atoms with van der Waals surface area (Å²) in [6.07, 6.45) is 0. The Morgan fingerprint density at radius 2 is 1.10 bits per heavy atom. The minimum Gasteiger partial charge on any atom is -0.456 e. The van der Waals surface area contributed by atoms with Crippen molar-refractivity contribution in [2.45, 2.75) is 0 Å². The standard InChI is InChI=1S/C37H21N3O/c1-3-10-23(11-4-1)35-38-36(24-12-5-2-6-13-24)40-37(39-35)27-19-18-22-14-9-16-26-28-21-32-29(20-30(28)34(27)33(22)26)25-15-7-8-17-31(25)41-32/h1-21H. The van der Waals surface area contributed by atoms with Gasteiger partial charge in [0.2, 0.25) is 0 Å². The predicted octanol–water partition coefficient (Wildman–Crippen LogP) is 9.57. The summed E-state index contributed by atoms with van der Waals surface area (Å²) in [6, 6.07) is 43.8. The molecule has 0 fully saturated rings. The molecule has 0 saturated carbocycles. The van der Waals surface area contributed by atoms with E-state index in [1.807, 2.05) is 72.8 Å². The Labute approximate surface area is 235 Å². The molecule has 0 saturated heterocycles. The average molecular weight is 524 g/mol. The van der Waals surface area contributed by atoms with Crippen LogP contribution < -0.4 is 0 Å². The zero-order chi connectivity index (χ0) is 26.9. The van der Waals surface area contributed by atoms with Crippen molar-refractivity contribution in [3.63, 3.8) is 0 Å². The Balaban J connectivity index is 1.36. The van der Waals surface area contributed by atoms with Crippen LogP contribution in [0.5, 0.6) is 0 Å². The zero-order valence-electron chi connectivity index (χ0n) is 21.9. The lowest BCUT2D eigenvalue weighted by molar-refractivity contribution is 0.669. The first kappa shape index (κ1) is 22.2. The lowest BCUT2D eigenvalue weighted by Crippen LogP contribution is -2.01. The van der Waals surface area contributed by atoms with Gasteiger partial charge in [0.1, 0.15) is 11.2 Å². The van der Waals surface area contributed by atoms with Crippen LogP contribution in [0.25, 0.3) is 89.1 Å². The molecule has 2 heterocycles. The summed E-state index contributed by atoms with van der Waals surface area (Å²) in [5, 5.41) is 4.65. The summed E-state index contributed by atoms with van der Waals surface area (Å²) < 4.78 is 6.28. The minimum atomic E-state index is 0.657. The summed E-state index contributed by atoms with van der Waals surface area (Å²) in [4.78, 5) is 15.1. The molecule has 0 unspecified atom stereocenters. The fraction of sp³-hybridized carbons (Fsp3) is 0. The highest BCUT2D eigenvalue weighted by Gasteiger charge is 2.27. The van der Waals surface area contributed by atoms with Gasteiger partial charge >= 0.3 is 0 Å². The number of para-hydroxylation sites is 1. The van der Waals surface area contributed by atoms with Gasteiger partial charge in [-0.05, 0) is 51.7 Å². The lowest BCUT2D eigenvalue weighted by atomic mass is 9.96. The fourth-order valence-corrected chi connectivity index (χ4v) is 6.20. The molecule has 0 bridgehead atoms. The highest BCUT2D eigenvalue weighted by molar-refractivity contribution is 6.21. The summed E-state index contributed by atoms with van der Waals surface area (Å²) in [7, 11) is 0. The maximum Gasteiger partial charge on any atom is 0.164 e. The van der Waals surface area contributed by atoms with E-state index < -0.39 is 0 Å². The van der Waals surface area contributed by atoms with Gasteiger partial charge in [0.15, 0.2) is 17.5 Å². The normalized spacial score (nSPS) is 11.9. The third kappa shape index (κ3) is 3.31. The fourth-order valence-electron chi connectivity index (χ4n) is 6.20. The van der Waals surface area contributed by atoms with E-state index in [0.29, 0.717) is 17.5 Å².